The van der Waals surface area contributed by atoms with Gasteiger partial charge in [-0.05, 0) is 49.1 Å². The van der Waals surface area contributed by atoms with Crippen LogP contribution in [0.5, 0.6) is 0 Å². The molecule has 1 fully saturated rings. The maximum absolute atomic E-state index is 12.3. The summed E-state index contributed by atoms with van der Waals surface area (Å²) in [6.45, 7) is 2.23. The van der Waals surface area contributed by atoms with Gasteiger partial charge in [0.2, 0.25) is 0 Å². The molecule has 1 aliphatic heterocycles. The van der Waals surface area contributed by atoms with E-state index in [-0.39, 0.29) is 5.56 Å². The van der Waals surface area contributed by atoms with Crippen LogP contribution in [-0.2, 0) is 6.54 Å². The van der Waals surface area contributed by atoms with Gasteiger partial charge in [0.15, 0.2) is 0 Å². The SMILES string of the molecule is N#Cc1cccnc1N1CCC(Cn2nc(-c3ccncc3)ccc2=O)CC1. The number of nitrogens with zero attached hydrogens (tertiary/aromatic N) is 6. The second-order valence-electron chi connectivity index (χ2n) is 6.89. The van der Waals surface area contributed by atoms with Crippen molar-refractivity contribution in [1.82, 2.24) is 19.7 Å². The summed E-state index contributed by atoms with van der Waals surface area (Å²) >= 11 is 0. The maximum atomic E-state index is 12.3. The summed E-state index contributed by atoms with van der Waals surface area (Å²) in [5.74, 6) is 1.11. The summed E-state index contributed by atoms with van der Waals surface area (Å²) in [6, 6.07) is 12.9. The largest absolute Gasteiger partial charge is 0.356 e. The highest BCUT2D eigenvalue weighted by Crippen LogP contribution is 2.25. The molecule has 0 radical (unpaired) electrons. The normalized spacial score (nSPS) is 14.6. The minimum atomic E-state index is -0.0864. The molecule has 0 saturated carbocycles. The minimum Gasteiger partial charge on any atom is -0.356 e. The molecule has 0 aliphatic carbocycles. The van der Waals surface area contributed by atoms with Gasteiger partial charge in [-0.25, -0.2) is 9.67 Å². The number of aromatic nitrogens is 4. The van der Waals surface area contributed by atoms with Crippen LogP contribution in [0.15, 0.2) is 59.8 Å². The standard InChI is InChI=1S/C21H20N6O/c22-14-18-2-1-9-24-21(18)26-12-7-16(8-13-26)15-27-20(28)4-3-19(25-27)17-5-10-23-11-6-17/h1-6,9-11,16H,7-8,12-13,15H2. The molecule has 0 atom stereocenters. The van der Waals surface area contributed by atoms with Gasteiger partial charge in [0.05, 0.1) is 11.3 Å². The molecule has 140 valence electrons. The molecule has 0 unspecified atom stereocenters. The molecule has 28 heavy (non-hydrogen) atoms. The van der Waals surface area contributed by atoms with Crippen molar-refractivity contribution in [3.63, 3.8) is 0 Å². The molecule has 4 heterocycles. The summed E-state index contributed by atoms with van der Waals surface area (Å²) in [5.41, 5.74) is 2.23. The number of hydrogen-bond acceptors (Lipinski definition) is 6. The van der Waals surface area contributed by atoms with Crippen molar-refractivity contribution in [3.05, 3.63) is 70.9 Å². The van der Waals surface area contributed by atoms with Gasteiger partial charge in [-0.3, -0.25) is 9.78 Å². The van der Waals surface area contributed by atoms with Crippen molar-refractivity contribution in [2.24, 2.45) is 5.92 Å². The van der Waals surface area contributed by atoms with Crippen molar-refractivity contribution in [2.45, 2.75) is 19.4 Å². The highest BCUT2D eigenvalue weighted by molar-refractivity contribution is 5.57. The van der Waals surface area contributed by atoms with E-state index in [1.807, 2.05) is 12.1 Å². The van der Waals surface area contributed by atoms with Crippen LogP contribution in [0.2, 0.25) is 0 Å². The summed E-state index contributed by atoms with van der Waals surface area (Å²) < 4.78 is 1.57. The molecule has 0 aromatic carbocycles. The summed E-state index contributed by atoms with van der Waals surface area (Å²) in [5, 5.41) is 13.8. The van der Waals surface area contributed by atoms with E-state index in [0.29, 0.717) is 18.0 Å². The van der Waals surface area contributed by atoms with E-state index in [9.17, 15) is 10.1 Å². The van der Waals surface area contributed by atoms with E-state index >= 15 is 0 Å². The lowest BCUT2D eigenvalue weighted by molar-refractivity contribution is 0.335. The molecule has 0 N–H and O–H groups in total. The number of hydrogen-bond donors (Lipinski definition) is 0. The first-order valence-electron chi connectivity index (χ1n) is 9.33. The van der Waals surface area contributed by atoms with Gasteiger partial charge in [0, 0.05) is 49.9 Å². The van der Waals surface area contributed by atoms with E-state index in [4.69, 9.17) is 0 Å². The smallest absolute Gasteiger partial charge is 0.266 e. The van der Waals surface area contributed by atoms with Gasteiger partial charge in [-0.2, -0.15) is 10.4 Å². The first-order chi connectivity index (χ1) is 13.7. The fourth-order valence-corrected chi connectivity index (χ4v) is 3.56. The van der Waals surface area contributed by atoms with Crippen LogP contribution >= 0.6 is 0 Å². The van der Waals surface area contributed by atoms with Gasteiger partial charge in [0.25, 0.3) is 5.56 Å². The van der Waals surface area contributed by atoms with Crippen LogP contribution in [0.4, 0.5) is 5.82 Å². The van der Waals surface area contributed by atoms with E-state index in [2.05, 4.69) is 26.0 Å². The molecular weight excluding hydrogens is 352 g/mol. The van der Waals surface area contributed by atoms with Gasteiger partial charge < -0.3 is 4.90 Å². The van der Waals surface area contributed by atoms with Gasteiger partial charge in [0.1, 0.15) is 11.9 Å². The average molecular weight is 372 g/mol. The van der Waals surface area contributed by atoms with E-state index < -0.39 is 0 Å². The third-order valence-electron chi connectivity index (χ3n) is 5.10. The second-order valence-corrected chi connectivity index (χ2v) is 6.89. The van der Waals surface area contributed by atoms with Crippen molar-refractivity contribution in [3.8, 4) is 17.3 Å². The summed E-state index contributed by atoms with van der Waals surface area (Å²) in [4.78, 5) is 22.8. The minimum absolute atomic E-state index is 0.0864. The highest BCUT2D eigenvalue weighted by Gasteiger charge is 2.22. The molecule has 7 heteroatoms. The first kappa shape index (κ1) is 17.9. The zero-order chi connectivity index (χ0) is 19.3. The van der Waals surface area contributed by atoms with Crippen molar-refractivity contribution in [1.29, 1.82) is 5.26 Å². The number of anilines is 1. The molecule has 3 aromatic heterocycles. The highest BCUT2D eigenvalue weighted by atomic mass is 16.1. The Hall–Kier alpha value is -3.53. The quantitative estimate of drug-likeness (QED) is 0.699. The summed E-state index contributed by atoms with van der Waals surface area (Å²) in [6.07, 6.45) is 7.00. The lowest BCUT2D eigenvalue weighted by Gasteiger charge is -2.33. The zero-order valence-electron chi connectivity index (χ0n) is 15.4. The van der Waals surface area contributed by atoms with E-state index in [1.54, 1.807) is 47.5 Å². The van der Waals surface area contributed by atoms with E-state index in [1.165, 1.54) is 0 Å². The molecule has 1 saturated heterocycles. The predicted molar refractivity (Wildman–Crippen MR) is 106 cm³/mol. The van der Waals surface area contributed by atoms with Gasteiger partial charge >= 0.3 is 0 Å². The monoisotopic (exact) mass is 372 g/mol. The average Bonchev–Trinajstić information content (AvgIpc) is 2.76. The zero-order valence-corrected chi connectivity index (χ0v) is 15.4. The third-order valence-corrected chi connectivity index (χ3v) is 5.10. The Morgan fingerprint density at radius 1 is 1.07 bits per heavy atom. The van der Waals surface area contributed by atoms with Crippen molar-refractivity contribution >= 4 is 5.82 Å². The van der Waals surface area contributed by atoms with Crippen LogP contribution in [0.25, 0.3) is 11.3 Å². The third kappa shape index (κ3) is 3.76. The Kier molecular flexibility index (Phi) is 5.11. The second kappa shape index (κ2) is 8.01. The Morgan fingerprint density at radius 3 is 2.61 bits per heavy atom. The lowest BCUT2D eigenvalue weighted by Crippen LogP contribution is -2.37. The summed E-state index contributed by atoms with van der Waals surface area (Å²) in [7, 11) is 0. The fourth-order valence-electron chi connectivity index (χ4n) is 3.56. The molecule has 0 bridgehead atoms. The number of pyridine rings is 2. The van der Waals surface area contributed by atoms with Gasteiger partial charge in [-0.15, -0.1) is 0 Å². The molecule has 7 nitrogen and oxygen atoms in total. The Morgan fingerprint density at radius 2 is 1.86 bits per heavy atom. The van der Waals surface area contributed by atoms with Gasteiger partial charge in [-0.1, -0.05) is 0 Å². The topological polar surface area (TPSA) is 87.7 Å². The predicted octanol–water partition coefficient (Wildman–Crippen LogP) is 2.49. The van der Waals surface area contributed by atoms with Crippen LogP contribution in [0, 0.1) is 17.2 Å². The number of nitriles is 1. The van der Waals surface area contributed by atoms with Crippen LogP contribution < -0.4 is 10.5 Å². The molecular formula is C21H20N6O. The van der Waals surface area contributed by atoms with Crippen LogP contribution in [0.1, 0.15) is 18.4 Å². The molecule has 0 spiro atoms. The van der Waals surface area contributed by atoms with Crippen molar-refractivity contribution < 1.29 is 0 Å². The van der Waals surface area contributed by atoms with Crippen LogP contribution in [-0.4, -0.2) is 32.8 Å². The molecule has 1 aliphatic rings. The molecule has 0 amide bonds. The molecule has 3 aromatic rings. The molecule has 4 rings (SSSR count). The Bertz CT molecular complexity index is 1050. The number of rotatable bonds is 4. The lowest BCUT2D eigenvalue weighted by atomic mass is 9.96. The Labute approximate surface area is 162 Å². The Balaban J connectivity index is 1.45. The van der Waals surface area contributed by atoms with Crippen molar-refractivity contribution in [2.75, 3.05) is 18.0 Å². The fraction of sp³-hybridized carbons (Fsp3) is 0.286. The maximum Gasteiger partial charge on any atom is 0.266 e. The first-order valence-corrected chi connectivity index (χ1v) is 9.33. The number of piperidine rings is 1. The van der Waals surface area contributed by atoms with Crippen LogP contribution in [0.3, 0.4) is 0 Å². The van der Waals surface area contributed by atoms with E-state index in [0.717, 1.165) is 43.0 Å².